The smallest absolute Gasteiger partial charge is 0.408 e. The first-order valence-corrected chi connectivity index (χ1v) is 8.39. The number of nitriles is 1. The summed E-state index contributed by atoms with van der Waals surface area (Å²) in [6, 6.07) is 1.39. The second-order valence-electron chi connectivity index (χ2n) is 7.70. The Morgan fingerprint density at radius 1 is 1.39 bits per heavy atom. The van der Waals surface area contributed by atoms with Crippen molar-refractivity contribution in [3.8, 4) is 6.07 Å². The first kappa shape index (κ1) is 17.6. The summed E-state index contributed by atoms with van der Waals surface area (Å²) in [5, 5.41) is 12.0. The summed E-state index contributed by atoms with van der Waals surface area (Å²) in [5.41, 5.74) is -0.614. The lowest BCUT2D eigenvalue weighted by Gasteiger charge is -2.31. The van der Waals surface area contributed by atoms with Crippen LogP contribution in [0.25, 0.3) is 0 Å². The van der Waals surface area contributed by atoms with Gasteiger partial charge in [0.25, 0.3) is 0 Å². The fourth-order valence-electron chi connectivity index (χ4n) is 3.17. The van der Waals surface area contributed by atoms with E-state index in [4.69, 9.17) is 4.74 Å². The van der Waals surface area contributed by atoms with Crippen LogP contribution >= 0.6 is 0 Å². The lowest BCUT2D eigenvalue weighted by atomic mass is 9.97. The van der Waals surface area contributed by atoms with Crippen LogP contribution in [0.15, 0.2) is 0 Å². The molecule has 6 heteroatoms. The summed E-state index contributed by atoms with van der Waals surface area (Å²) in [7, 11) is 0. The number of rotatable bonds is 4. The summed E-state index contributed by atoms with van der Waals surface area (Å²) in [5.74, 6) is 0.289. The van der Waals surface area contributed by atoms with Crippen molar-refractivity contribution in [3.05, 3.63) is 0 Å². The van der Waals surface area contributed by atoms with Gasteiger partial charge >= 0.3 is 6.09 Å². The Morgan fingerprint density at radius 3 is 2.57 bits per heavy atom. The Morgan fingerprint density at radius 2 is 2.04 bits per heavy atom. The van der Waals surface area contributed by atoms with E-state index in [2.05, 4.69) is 11.4 Å². The zero-order valence-electron chi connectivity index (χ0n) is 14.6. The van der Waals surface area contributed by atoms with E-state index in [1.807, 2.05) is 13.8 Å². The highest BCUT2D eigenvalue weighted by Gasteiger charge is 2.55. The van der Waals surface area contributed by atoms with Crippen molar-refractivity contribution >= 4 is 12.0 Å². The molecule has 0 bridgehead atoms. The fraction of sp³-hybridized carbons (Fsp3) is 0.824. The van der Waals surface area contributed by atoms with Crippen molar-refractivity contribution in [2.24, 2.45) is 11.8 Å². The second-order valence-corrected chi connectivity index (χ2v) is 7.70. The van der Waals surface area contributed by atoms with Gasteiger partial charge in [0.2, 0.25) is 5.91 Å². The second kappa shape index (κ2) is 6.38. The molecule has 0 aromatic heterocycles. The van der Waals surface area contributed by atoms with Gasteiger partial charge < -0.3 is 15.0 Å². The molecule has 6 nitrogen and oxygen atoms in total. The summed E-state index contributed by atoms with van der Waals surface area (Å²) in [4.78, 5) is 26.7. The van der Waals surface area contributed by atoms with Gasteiger partial charge in [-0.05, 0) is 45.4 Å². The van der Waals surface area contributed by atoms with Gasteiger partial charge in [-0.25, -0.2) is 4.79 Å². The van der Waals surface area contributed by atoms with Crippen LogP contribution in [0.4, 0.5) is 4.79 Å². The largest absolute Gasteiger partial charge is 0.444 e. The predicted octanol–water partition coefficient (Wildman–Crippen LogP) is 2.44. The average molecular weight is 321 g/mol. The van der Waals surface area contributed by atoms with Crippen LogP contribution < -0.4 is 5.32 Å². The number of ether oxygens (including phenoxy) is 1. The van der Waals surface area contributed by atoms with Crippen molar-refractivity contribution < 1.29 is 14.3 Å². The first-order valence-electron chi connectivity index (χ1n) is 8.39. The molecule has 0 radical (unpaired) electrons. The van der Waals surface area contributed by atoms with E-state index in [0.29, 0.717) is 5.92 Å². The number of fused-ring (bicyclic) bond motifs is 1. The summed E-state index contributed by atoms with van der Waals surface area (Å²) < 4.78 is 5.28. The molecule has 2 aliphatic rings. The number of piperidine rings is 1. The van der Waals surface area contributed by atoms with E-state index in [1.165, 1.54) is 0 Å². The molecule has 2 amide bonds. The van der Waals surface area contributed by atoms with E-state index in [9.17, 15) is 14.9 Å². The first-order chi connectivity index (χ1) is 10.7. The number of amides is 2. The standard InChI is InChI=1S/C17H27N3O3/c1-6-10(2)14(19-16(22)23-17(3,4)5)15(21)20-12(9-18)7-11-8-13(11)20/h10-14H,6-8H2,1-5H3,(H,19,22)/t10?,11?,12-,13-,14-/m0/s1. The lowest BCUT2D eigenvalue weighted by molar-refractivity contribution is -0.135. The Labute approximate surface area is 138 Å². The Bertz CT molecular complexity index is 520. The Balaban J connectivity index is 2.10. The molecule has 2 fully saturated rings. The molecule has 1 aliphatic carbocycles. The highest BCUT2D eigenvalue weighted by molar-refractivity contribution is 5.87. The van der Waals surface area contributed by atoms with E-state index in [0.717, 1.165) is 19.3 Å². The fourth-order valence-corrected chi connectivity index (χ4v) is 3.17. The number of hydrogen-bond donors (Lipinski definition) is 1. The minimum atomic E-state index is -0.648. The van der Waals surface area contributed by atoms with Crippen LogP contribution in [-0.2, 0) is 9.53 Å². The number of likely N-dealkylation sites (tertiary alicyclic amines) is 1. The van der Waals surface area contributed by atoms with E-state index >= 15 is 0 Å². The Hall–Kier alpha value is -1.77. The van der Waals surface area contributed by atoms with Crippen LogP contribution in [0.5, 0.6) is 0 Å². The molecule has 0 aromatic carbocycles. The lowest BCUT2D eigenvalue weighted by Crippen LogP contribution is -2.54. The monoisotopic (exact) mass is 321 g/mol. The van der Waals surface area contributed by atoms with Gasteiger partial charge in [0, 0.05) is 6.04 Å². The number of nitrogens with one attached hydrogen (secondary N) is 1. The highest BCUT2D eigenvalue weighted by atomic mass is 16.6. The van der Waals surface area contributed by atoms with Gasteiger partial charge in [-0.3, -0.25) is 4.79 Å². The molecular weight excluding hydrogens is 294 g/mol. The van der Waals surface area contributed by atoms with Crippen molar-refractivity contribution in [2.45, 2.75) is 77.6 Å². The highest BCUT2D eigenvalue weighted by Crippen LogP contribution is 2.48. The number of carbonyl (C=O) groups is 2. The van der Waals surface area contributed by atoms with Gasteiger partial charge in [0.15, 0.2) is 0 Å². The van der Waals surface area contributed by atoms with Crippen LogP contribution in [0, 0.1) is 23.2 Å². The quantitative estimate of drug-likeness (QED) is 0.862. The summed E-state index contributed by atoms with van der Waals surface area (Å²) in [6.07, 6.45) is 1.90. The minimum absolute atomic E-state index is 0.0211. The van der Waals surface area contributed by atoms with E-state index in [-0.39, 0.29) is 23.9 Å². The summed E-state index contributed by atoms with van der Waals surface area (Å²) in [6.45, 7) is 9.27. The molecular formula is C17H27N3O3. The van der Waals surface area contributed by atoms with E-state index in [1.54, 1.807) is 25.7 Å². The molecule has 1 saturated carbocycles. The van der Waals surface area contributed by atoms with Gasteiger partial charge in [0.1, 0.15) is 17.7 Å². The molecule has 1 aliphatic heterocycles. The third-order valence-electron chi connectivity index (χ3n) is 4.66. The third kappa shape index (κ3) is 3.95. The number of carbonyl (C=O) groups excluding carboxylic acids is 2. The molecule has 128 valence electrons. The zero-order valence-corrected chi connectivity index (χ0v) is 14.6. The number of alkyl carbamates (subject to hydrolysis) is 1. The van der Waals surface area contributed by atoms with Crippen LogP contribution in [0.3, 0.4) is 0 Å². The molecule has 0 spiro atoms. The maximum Gasteiger partial charge on any atom is 0.408 e. The van der Waals surface area contributed by atoms with Crippen molar-refractivity contribution in [1.82, 2.24) is 10.2 Å². The molecule has 2 unspecified atom stereocenters. The summed E-state index contributed by atoms with van der Waals surface area (Å²) >= 11 is 0. The molecule has 5 atom stereocenters. The molecule has 2 rings (SSSR count). The topological polar surface area (TPSA) is 82.4 Å². The minimum Gasteiger partial charge on any atom is -0.444 e. The molecule has 1 saturated heterocycles. The zero-order chi connectivity index (χ0) is 17.4. The number of nitrogens with zero attached hydrogens (tertiary/aromatic N) is 2. The Kier molecular flexibility index (Phi) is 4.88. The predicted molar refractivity (Wildman–Crippen MR) is 85.4 cm³/mol. The molecule has 1 heterocycles. The van der Waals surface area contributed by atoms with Crippen LogP contribution in [-0.4, -0.2) is 40.6 Å². The molecule has 0 aromatic rings. The maximum absolute atomic E-state index is 13.0. The van der Waals surface area contributed by atoms with E-state index < -0.39 is 17.7 Å². The average Bonchev–Trinajstić information content (AvgIpc) is 3.12. The van der Waals surface area contributed by atoms with Crippen LogP contribution in [0.2, 0.25) is 0 Å². The van der Waals surface area contributed by atoms with Crippen molar-refractivity contribution in [1.29, 1.82) is 5.26 Å². The van der Waals surface area contributed by atoms with Gasteiger partial charge in [-0.2, -0.15) is 5.26 Å². The van der Waals surface area contributed by atoms with Gasteiger partial charge in [-0.1, -0.05) is 20.3 Å². The van der Waals surface area contributed by atoms with Gasteiger partial charge in [0.05, 0.1) is 6.07 Å². The molecule has 23 heavy (non-hydrogen) atoms. The SMILES string of the molecule is CCC(C)[C@H](NC(=O)OC(C)(C)C)C(=O)N1[C@H](C#N)CC2C[C@@H]21. The third-order valence-corrected chi connectivity index (χ3v) is 4.66. The van der Waals surface area contributed by atoms with Crippen molar-refractivity contribution in [3.63, 3.8) is 0 Å². The molecule has 1 N–H and O–H groups in total. The van der Waals surface area contributed by atoms with Gasteiger partial charge in [-0.15, -0.1) is 0 Å². The van der Waals surface area contributed by atoms with Crippen molar-refractivity contribution in [2.75, 3.05) is 0 Å². The maximum atomic E-state index is 13.0. The normalized spacial score (nSPS) is 28.3. The number of hydrogen-bond acceptors (Lipinski definition) is 4. The van der Waals surface area contributed by atoms with Crippen LogP contribution in [0.1, 0.15) is 53.9 Å².